The van der Waals surface area contributed by atoms with Gasteiger partial charge in [-0.05, 0) is 42.5 Å². The van der Waals surface area contributed by atoms with Gasteiger partial charge in [0.2, 0.25) is 5.91 Å². The predicted molar refractivity (Wildman–Crippen MR) is 125 cm³/mol. The van der Waals surface area contributed by atoms with E-state index in [0.29, 0.717) is 12.1 Å². The van der Waals surface area contributed by atoms with Crippen LogP contribution in [-0.4, -0.2) is 39.9 Å². The second-order valence-corrected chi connectivity index (χ2v) is 8.75. The number of nitrogens with one attached hydrogen (secondary N) is 3. The Hall–Kier alpha value is -4.46. The van der Waals surface area contributed by atoms with Gasteiger partial charge in [0.25, 0.3) is 11.8 Å². The van der Waals surface area contributed by atoms with Crippen molar-refractivity contribution in [2.75, 3.05) is 11.9 Å². The molecule has 3 amide bonds. The zero-order chi connectivity index (χ0) is 28.6. The largest absolute Gasteiger partial charge is 0.480 e. The Morgan fingerprint density at radius 1 is 1.05 bits per heavy atom. The van der Waals surface area contributed by atoms with Crippen molar-refractivity contribution in [2.45, 2.75) is 18.8 Å². The van der Waals surface area contributed by atoms with E-state index in [0.717, 1.165) is 22.8 Å². The van der Waals surface area contributed by atoms with E-state index in [2.05, 4.69) is 16.0 Å². The number of hydrogen-bond donors (Lipinski definition) is 4. The molecule has 0 radical (unpaired) electrons. The summed E-state index contributed by atoms with van der Waals surface area (Å²) >= 11 is 6.22. The topological polar surface area (TPSA) is 130 Å². The molecule has 2 aromatic carbocycles. The number of anilines is 1. The van der Waals surface area contributed by atoms with Crippen LogP contribution in [0.3, 0.4) is 0 Å². The second-order valence-electron chi connectivity index (χ2n) is 8.34. The van der Waals surface area contributed by atoms with E-state index < -0.39 is 71.8 Å². The summed E-state index contributed by atoms with van der Waals surface area (Å²) < 4.78 is 68.6. The quantitative estimate of drug-likeness (QED) is 0.336. The Morgan fingerprint density at radius 3 is 2.44 bits per heavy atom. The SMILES string of the molecule is O=C(O)CNC(=O)c1cc(NC(=O)c2cc(F)cc(C(F)(F)F)c2)c2n1CC(=O)NC2c1cc(F)ccc1Cl. The van der Waals surface area contributed by atoms with Crippen molar-refractivity contribution < 1.29 is 46.2 Å². The number of amides is 3. The molecule has 4 N–H and O–H groups in total. The number of halogens is 6. The molecule has 1 atom stereocenters. The lowest BCUT2D eigenvalue weighted by Crippen LogP contribution is -2.41. The van der Waals surface area contributed by atoms with Crippen molar-refractivity contribution in [3.63, 3.8) is 0 Å². The summed E-state index contributed by atoms with van der Waals surface area (Å²) in [4.78, 5) is 49.2. The summed E-state index contributed by atoms with van der Waals surface area (Å²) in [7, 11) is 0. The molecule has 2 heterocycles. The number of carboxylic acids is 1. The van der Waals surface area contributed by atoms with Crippen LogP contribution < -0.4 is 16.0 Å². The molecular formula is C24H16ClF5N4O5. The minimum Gasteiger partial charge on any atom is -0.480 e. The molecule has 0 fully saturated rings. The molecule has 0 saturated heterocycles. The van der Waals surface area contributed by atoms with Crippen LogP contribution in [0.25, 0.3) is 0 Å². The lowest BCUT2D eigenvalue weighted by Gasteiger charge is -2.29. The highest BCUT2D eigenvalue weighted by Gasteiger charge is 2.36. The molecule has 3 aromatic rings. The number of nitrogens with zero attached hydrogens (tertiary/aromatic N) is 1. The van der Waals surface area contributed by atoms with Gasteiger partial charge in [-0.2, -0.15) is 13.2 Å². The molecule has 15 heteroatoms. The third-order valence-electron chi connectivity index (χ3n) is 5.66. The lowest BCUT2D eigenvalue weighted by atomic mass is 10.0. The van der Waals surface area contributed by atoms with Crippen LogP contribution in [0.2, 0.25) is 5.02 Å². The fourth-order valence-corrected chi connectivity index (χ4v) is 4.27. The van der Waals surface area contributed by atoms with Crippen LogP contribution in [0.15, 0.2) is 42.5 Å². The standard InChI is InChI=1S/C24H16ClF5N4O5/c25-15-2-1-12(26)6-14(15)20-21-16(32-22(38)10-3-11(24(28,29)30)5-13(27)4-10)7-17(23(39)31-8-19(36)37)34(21)9-18(35)33-20/h1-7,20H,8-9H2,(H,31,39)(H,32,38)(H,33,35)(H,36,37). The number of aromatic nitrogens is 1. The first kappa shape index (κ1) is 27.6. The summed E-state index contributed by atoms with van der Waals surface area (Å²) in [5.41, 5.74) is -2.66. The molecule has 1 aliphatic heterocycles. The van der Waals surface area contributed by atoms with E-state index in [1.165, 1.54) is 6.07 Å². The van der Waals surface area contributed by atoms with Crippen molar-refractivity contribution in [3.05, 3.63) is 87.2 Å². The average molecular weight is 571 g/mol. The van der Waals surface area contributed by atoms with Crippen molar-refractivity contribution in [3.8, 4) is 0 Å². The van der Waals surface area contributed by atoms with Crippen LogP contribution in [0.1, 0.15) is 43.7 Å². The zero-order valence-electron chi connectivity index (χ0n) is 19.3. The van der Waals surface area contributed by atoms with Gasteiger partial charge in [0.1, 0.15) is 30.4 Å². The molecule has 4 rings (SSSR count). The summed E-state index contributed by atoms with van der Waals surface area (Å²) in [6.07, 6.45) is -4.95. The molecule has 1 unspecified atom stereocenters. The van der Waals surface area contributed by atoms with Crippen LogP contribution in [0, 0.1) is 11.6 Å². The summed E-state index contributed by atoms with van der Waals surface area (Å²) in [6, 6.07) is 4.22. The Kier molecular flexibility index (Phi) is 7.33. The Bertz CT molecular complexity index is 1520. The normalized spacial score (nSPS) is 14.8. The number of alkyl halides is 3. The molecule has 204 valence electrons. The first-order valence-corrected chi connectivity index (χ1v) is 11.3. The van der Waals surface area contributed by atoms with E-state index in [1.54, 1.807) is 0 Å². The van der Waals surface area contributed by atoms with Gasteiger partial charge in [0.15, 0.2) is 0 Å². The second kappa shape index (κ2) is 10.4. The van der Waals surface area contributed by atoms with Crippen LogP contribution in [0.4, 0.5) is 27.6 Å². The highest BCUT2D eigenvalue weighted by atomic mass is 35.5. The van der Waals surface area contributed by atoms with Gasteiger partial charge in [-0.1, -0.05) is 11.6 Å². The lowest BCUT2D eigenvalue weighted by molar-refractivity contribution is -0.138. The van der Waals surface area contributed by atoms with Gasteiger partial charge >= 0.3 is 12.1 Å². The van der Waals surface area contributed by atoms with Crippen LogP contribution in [0.5, 0.6) is 0 Å². The van der Waals surface area contributed by atoms with Crippen molar-refractivity contribution in [2.24, 2.45) is 0 Å². The Balaban J connectivity index is 1.84. The average Bonchev–Trinajstić information content (AvgIpc) is 3.20. The van der Waals surface area contributed by atoms with Gasteiger partial charge in [-0.25, -0.2) is 8.78 Å². The first-order chi connectivity index (χ1) is 18.2. The van der Waals surface area contributed by atoms with E-state index in [4.69, 9.17) is 16.7 Å². The van der Waals surface area contributed by atoms with Gasteiger partial charge in [0, 0.05) is 16.1 Å². The van der Waals surface area contributed by atoms with E-state index in [-0.39, 0.29) is 33.7 Å². The number of rotatable bonds is 6. The Labute approximate surface area is 220 Å². The fraction of sp³-hybridized carbons (Fsp3) is 0.167. The molecule has 0 saturated carbocycles. The first-order valence-electron chi connectivity index (χ1n) is 10.9. The van der Waals surface area contributed by atoms with Gasteiger partial charge < -0.3 is 25.6 Å². The molecule has 0 spiro atoms. The minimum atomic E-state index is -4.95. The maximum absolute atomic E-state index is 14.1. The van der Waals surface area contributed by atoms with E-state index in [9.17, 15) is 41.1 Å². The molecule has 1 aromatic heterocycles. The summed E-state index contributed by atoms with van der Waals surface area (Å²) in [6.45, 7) is -1.29. The minimum absolute atomic E-state index is 0.00884. The Morgan fingerprint density at radius 2 is 1.77 bits per heavy atom. The summed E-state index contributed by atoms with van der Waals surface area (Å²) in [5.74, 6) is -6.28. The van der Waals surface area contributed by atoms with Gasteiger partial charge in [-0.3, -0.25) is 19.2 Å². The predicted octanol–water partition coefficient (Wildman–Crippen LogP) is 3.72. The number of benzene rings is 2. The van der Waals surface area contributed by atoms with Crippen LogP contribution >= 0.6 is 11.6 Å². The van der Waals surface area contributed by atoms with E-state index in [1.807, 2.05) is 0 Å². The molecule has 9 nitrogen and oxygen atoms in total. The third-order valence-corrected chi connectivity index (χ3v) is 6.00. The highest BCUT2D eigenvalue weighted by molar-refractivity contribution is 6.31. The number of fused-ring (bicyclic) bond motifs is 1. The molecule has 0 aliphatic carbocycles. The third kappa shape index (κ3) is 5.85. The molecule has 0 bridgehead atoms. The molecule has 39 heavy (non-hydrogen) atoms. The molecule has 1 aliphatic rings. The smallest absolute Gasteiger partial charge is 0.416 e. The number of hydrogen-bond acceptors (Lipinski definition) is 4. The van der Waals surface area contributed by atoms with Gasteiger partial charge in [0.05, 0.1) is 23.0 Å². The highest BCUT2D eigenvalue weighted by Crippen LogP contribution is 2.38. The number of carboxylic acid groups (broad SMARTS) is 1. The van der Waals surface area contributed by atoms with Crippen molar-refractivity contribution >= 4 is 41.0 Å². The van der Waals surface area contributed by atoms with Crippen molar-refractivity contribution in [1.82, 2.24) is 15.2 Å². The monoisotopic (exact) mass is 570 g/mol. The number of carbonyl (C=O) groups excluding carboxylic acids is 3. The maximum atomic E-state index is 14.1. The number of aliphatic carboxylic acids is 1. The fourth-order valence-electron chi connectivity index (χ4n) is 4.04. The van der Waals surface area contributed by atoms with E-state index >= 15 is 0 Å². The summed E-state index contributed by atoms with van der Waals surface area (Å²) in [5, 5.41) is 15.8. The maximum Gasteiger partial charge on any atom is 0.416 e. The van der Waals surface area contributed by atoms with Crippen LogP contribution in [-0.2, 0) is 22.3 Å². The number of carbonyl (C=O) groups is 4. The van der Waals surface area contributed by atoms with Gasteiger partial charge in [-0.15, -0.1) is 0 Å². The van der Waals surface area contributed by atoms with Crippen molar-refractivity contribution in [1.29, 1.82) is 0 Å². The molecular weight excluding hydrogens is 555 g/mol. The zero-order valence-corrected chi connectivity index (χ0v) is 20.1.